The Hall–Kier alpha value is -3.00. The molecule has 7 nitrogen and oxygen atoms in total. The van der Waals surface area contributed by atoms with Gasteiger partial charge in [0.25, 0.3) is 17.0 Å². The number of likely N-dealkylation sites (tertiary alicyclic amines) is 1. The zero-order valence-electron chi connectivity index (χ0n) is 16.3. The minimum atomic E-state index is -0.419. The number of ether oxygens (including phenoxy) is 2. The molecule has 1 atom stereocenters. The average Bonchev–Trinajstić information content (AvgIpc) is 3.50. The van der Waals surface area contributed by atoms with Gasteiger partial charge in [-0.2, -0.15) is 0 Å². The molecule has 1 aromatic heterocycles. The van der Waals surface area contributed by atoms with Crippen molar-refractivity contribution in [2.75, 3.05) is 19.7 Å². The lowest BCUT2D eigenvalue weighted by Crippen LogP contribution is -2.27. The lowest BCUT2D eigenvalue weighted by Gasteiger charge is -2.23. The van der Waals surface area contributed by atoms with E-state index in [9.17, 15) is 4.79 Å². The number of hydrogen-bond acceptors (Lipinski definition) is 7. The van der Waals surface area contributed by atoms with Crippen LogP contribution in [0.25, 0.3) is 0 Å². The van der Waals surface area contributed by atoms with E-state index in [1.165, 1.54) is 11.8 Å². The van der Waals surface area contributed by atoms with E-state index in [0.717, 1.165) is 42.8 Å². The Balaban J connectivity index is 1.18. The molecule has 3 heterocycles. The van der Waals surface area contributed by atoms with Gasteiger partial charge < -0.3 is 18.8 Å². The highest BCUT2D eigenvalue weighted by Gasteiger charge is 2.27. The number of aromatic nitrogens is 2. The minimum absolute atomic E-state index is 0.115. The van der Waals surface area contributed by atoms with Gasteiger partial charge in [0, 0.05) is 24.4 Å². The summed E-state index contributed by atoms with van der Waals surface area (Å²) in [5.41, 5.74) is 1.82. The zero-order chi connectivity index (χ0) is 20.3. The van der Waals surface area contributed by atoms with Crippen LogP contribution >= 0.6 is 11.8 Å². The van der Waals surface area contributed by atoms with Gasteiger partial charge in [-0.1, -0.05) is 36.0 Å². The van der Waals surface area contributed by atoms with Crippen molar-refractivity contribution in [2.45, 2.75) is 29.9 Å². The van der Waals surface area contributed by atoms with Gasteiger partial charge in [0.1, 0.15) is 6.61 Å². The molecule has 1 saturated heterocycles. The second-order valence-corrected chi connectivity index (χ2v) is 8.18. The summed E-state index contributed by atoms with van der Waals surface area (Å²) in [6, 6.07) is 15.2. The first kappa shape index (κ1) is 19.0. The molecule has 0 unspecified atom stereocenters. The van der Waals surface area contributed by atoms with E-state index in [1.807, 2.05) is 53.4 Å². The van der Waals surface area contributed by atoms with Gasteiger partial charge in [-0.05, 0) is 42.7 Å². The van der Waals surface area contributed by atoms with Gasteiger partial charge in [-0.15, -0.1) is 10.2 Å². The molecule has 0 radical (unpaired) electrons. The minimum Gasteiger partial charge on any atom is -0.485 e. The first-order valence-corrected chi connectivity index (χ1v) is 11.0. The van der Waals surface area contributed by atoms with Crippen LogP contribution in [0.4, 0.5) is 0 Å². The standard InChI is InChI=1S/C22H21N3O4S/c26-21(25-11-3-4-12-25)16-9-7-15(8-10-16)14-30-22-24-23-20(29-22)19-13-27-17-5-1-2-6-18(17)28-19/h1-2,5-10,19H,3-4,11-14H2/t19-/m1/s1. The molecule has 0 aliphatic carbocycles. The number of carbonyl (C=O) groups excluding carboxylic acids is 1. The lowest BCUT2D eigenvalue weighted by molar-refractivity contribution is 0.0686. The number of benzene rings is 2. The van der Waals surface area contributed by atoms with Crippen LogP contribution in [0.1, 0.15) is 40.8 Å². The fraction of sp³-hybridized carbons (Fsp3) is 0.318. The molecule has 5 rings (SSSR count). The highest BCUT2D eigenvalue weighted by Crippen LogP contribution is 2.36. The molecule has 1 amide bonds. The van der Waals surface area contributed by atoms with Gasteiger partial charge in [0.15, 0.2) is 11.5 Å². The Morgan fingerprint density at radius 2 is 1.80 bits per heavy atom. The maximum absolute atomic E-state index is 12.4. The van der Waals surface area contributed by atoms with Gasteiger partial charge in [0.2, 0.25) is 6.10 Å². The molecule has 1 fully saturated rings. The summed E-state index contributed by atoms with van der Waals surface area (Å²) < 4.78 is 17.4. The number of hydrogen-bond donors (Lipinski definition) is 0. The number of carbonyl (C=O) groups is 1. The molecular weight excluding hydrogens is 402 g/mol. The topological polar surface area (TPSA) is 77.7 Å². The maximum Gasteiger partial charge on any atom is 0.277 e. The summed E-state index contributed by atoms with van der Waals surface area (Å²) in [4.78, 5) is 14.3. The van der Waals surface area contributed by atoms with E-state index in [4.69, 9.17) is 13.9 Å². The van der Waals surface area contributed by atoms with Crippen LogP contribution in [0.5, 0.6) is 11.5 Å². The van der Waals surface area contributed by atoms with Gasteiger partial charge >= 0.3 is 0 Å². The molecule has 2 aliphatic heterocycles. The van der Waals surface area contributed by atoms with Crippen molar-refractivity contribution >= 4 is 17.7 Å². The Kier molecular flexibility index (Phi) is 5.31. The number of amides is 1. The molecule has 0 bridgehead atoms. The van der Waals surface area contributed by atoms with Crippen LogP contribution in [-0.2, 0) is 5.75 Å². The highest BCUT2D eigenvalue weighted by molar-refractivity contribution is 7.98. The van der Waals surface area contributed by atoms with E-state index in [1.54, 1.807) is 0 Å². The van der Waals surface area contributed by atoms with Crippen molar-refractivity contribution in [1.29, 1.82) is 0 Å². The van der Waals surface area contributed by atoms with E-state index in [-0.39, 0.29) is 5.91 Å². The normalized spacial score (nSPS) is 17.9. The first-order chi connectivity index (χ1) is 14.8. The fourth-order valence-electron chi connectivity index (χ4n) is 3.54. The third-order valence-electron chi connectivity index (χ3n) is 5.16. The van der Waals surface area contributed by atoms with Crippen LogP contribution < -0.4 is 9.47 Å². The molecule has 0 N–H and O–H groups in total. The lowest BCUT2D eigenvalue weighted by atomic mass is 10.1. The second kappa shape index (κ2) is 8.39. The van der Waals surface area contributed by atoms with Crippen LogP contribution in [-0.4, -0.2) is 40.7 Å². The van der Waals surface area contributed by atoms with Crippen LogP contribution in [0.2, 0.25) is 0 Å². The van der Waals surface area contributed by atoms with Crippen LogP contribution in [0.15, 0.2) is 58.2 Å². The summed E-state index contributed by atoms with van der Waals surface area (Å²) >= 11 is 1.45. The van der Waals surface area contributed by atoms with E-state index in [2.05, 4.69) is 10.2 Å². The monoisotopic (exact) mass is 423 g/mol. The summed E-state index contributed by atoms with van der Waals surface area (Å²) in [7, 11) is 0. The first-order valence-electron chi connectivity index (χ1n) is 9.99. The number of thioether (sulfide) groups is 1. The summed E-state index contributed by atoms with van der Waals surface area (Å²) in [6.07, 6.45) is 1.77. The molecule has 30 heavy (non-hydrogen) atoms. The van der Waals surface area contributed by atoms with Crippen molar-refractivity contribution < 1.29 is 18.7 Å². The second-order valence-electron chi connectivity index (χ2n) is 7.26. The number of nitrogens with zero attached hydrogens (tertiary/aromatic N) is 3. The number of para-hydroxylation sites is 2. The van der Waals surface area contributed by atoms with Crippen molar-refractivity contribution in [2.24, 2.45) is 0 Å². The number of rotatable bonds is 5. The largest absolute Gasteiger partial charge is 0.485 e. The summed E-state index contributed by atoms with van der Waals surface area (Å²) in [5, 5.41) is 8.70. The van der Waals surface area contributed by atoms with Gasteiger partial charge in [-0.3, -0.25) is 4.79 Å². The molecule has 8 heteroatoms. The van der Waals surface area contributed by atoms with Crippen molar-refractivity contribution in [3.63, 3.8) is 0 Å². The van der Waals surface area contributed by atoms with Gasteiger partial charge in [0.05, 0.1) is 0 Å². The Labute approximate surface area is 178 Å². The third-order valence-corrected chi connectivity index (χ3v) is 6.05. The average molecular weight is 423 g/mol. The SMILES string of the molecule is O=C(c1ccc(CSc2nnc([C@H]3COc4ccccc4O3)o2)cc1)N1CCCC1. The zero-order valence-corrected chi connectivity index (χ0v) is 17.1. The Morgan fingerprint density at radius 3 is 2.60 bits per heavy atom. The quantitative estimate of drug-likeness (QED) is 0.572. The predicted octanol–water partition coefficient (Wildman–Crippen LogP) is 4.11. The summed E-state index contributed by atoms with van der Waals surface area (Å²) in [5.74, 6) is 2.58. The number of fused-ring (bicyclic) bond motifs is 1. The molecule has 3 aromatic rings. The van der Waals surface area contributed by atoms with Crippen LogP contribution in [0, 0.1) is 0 Å². The third kappa shape index (κ3) is 4.00. The maximum atomic E-state index is 12.4. The van der Waals surface area contributed by atoms with Crippen molar-refractivity contribution in [3.8, 4) is 11.5 Å². The molecule has 154 valence electrons. The fourth-order valence-corrected chi connectivity index (χ4v) is 4.27. The Bertz CT molecular complexity index is 1030. The van der Waals surface area contributed by atoms with Crippen molar-refractivity contribution in [1.82, 2.24) is 15.1 Å². The molecule has 0 saturated carbocycles. The van der Waals surface area contributed by atoms with Gasteiger partial charge in [-0.25, -0.2) is 0 Å². The molecule has 2 aliphatic rings. The molecular formula is C22H21N3O4S. The van der Waals surface area contributed by atoms with E-state index >= 15 is 0 Å². The Morgan fingerprint density at radius 1 is 1.03 bits per heavy atom. The predicted molar refractivity (Wildman–Crippen MR) is 111 cm³/mol. The summed E-state index contributed by atoms with van der Waals surface area (Å²) in [6.45, 7) is 2.05. The van der Waals surface area contributed by atoms with E-state index < -0.39 is 6.10 Å². The van der Waals surface area contributed by atoms with Crippen LogP contribution in [0.3, 0.4) is 0 Å². The highest BCUT2D eigenvalue weighted by atomic mass is 32.2. The molecule has 2 aromatic carbocycles. The smallest absolute Gasteiger partial charge is 0.277 e. The van der Waals surface area contributed by atoms with Crippen molar-refractivity contribution in [3.05, 3.63) is 65.5 Å². The van der Waals surface area contributed by atoms with E-state index in [0.29, 0.717) is 29.2 Å². The molecule has 0 spiro atoms.